The second-order valence-corrected chi connectivity index (χ2v) is 6.54. The summed E-state index contributed by atoms with van der Waals surface area (Å²) in [6.07, 6.45) is 0. The quantitative estimate of drug-likeness (QED) is 0.561. The molecule has 1 unspecified atom stereocenters. The van der Waals surface area contributed by atoms with E-state index in [1.807, 2.05) is 0 Å². The van der Waals surface area contributed by atoms with Gasteiger partial charge in [-0.15, -0.1) is 0 Å². The molecule has 0 saturated carbocycles. The number of thioether (sulfide) groups is 1. The highest BCUT2D eigenvalue weighted by Gasteiger charge is 2.29. The van der Waals surface area contributed by atoms with Crippen molar-refractivity contribution in [2.75, 3.05) is 12.3 Å². The van der Waals surface area contributed by atoms with Gasteiger partial charge in [0.1, 0.15) is 23.2 Å². The van der Waals surface area contributed by atoms with Gasteiger partial charge in [-0.25, -0.2) is 8.78 Å². The summed E-state index contributed by atoms with van der Waals surface area (Å²) in [6.45, 7) is 2.88. The number of carbonyl (C=O) groups is 2. The van der Waals surface area contributed by atoms with Gasteiger partial charge in [-0.1, -0.05) is 19.9 Å². The minimum atomic E-state index is -4.40. The first-order valence-corrected chi connectivity index (χ1v) is 8.24. The first kappa shape index (κ1) is 21.2. The van der Waals surface area contributed by atoms with Crippen molar-refractivity contribution in [1.82, 2.24) is 10.6 Å². The smallest absolute Gasteiger partial charge is 0.353 e. The fraction of sp³-hybridized carbons (Fsp3) is 0.467. The van der Waals surface area contributed by atoms with Gasteiger partial charge in [-0.05, 0) is 29.8 Å². The Morgan fingerprint density at radius 1 is 1.16 bits per heavy atom. The molecular weight excluding hydrogens is 367 g/mol. The number of amides is 2. The van der Waals surface area contributed by atoms with Crippen molar-refractivity contribution >= 4 is 23.6 Å². The fourth-order valence-corrected chi connectivity index (χ4v) is 2.35. The third-order valence-electron chi connectivity index (χ3n) is 3.09. The maximum atomic E-state index is 13.6. The van der Waals surface area contributed by atoms with E-state index < -0.39 is 52.2 Å². The lowest BCUT2D eigenvalue weighted by Gasteiger charge is -2.22. The zero-order valence-electron chi connectivity index (χ0n) is 13.4. The van der Waals surface area contributed by atoms with Crippen molar-refractivity contribution in [2.45, 2.75) is 25.4 Å². The number of carbonyl (C=O) groups excluding carboxylic acids is 2. The Labute approximate surface area is 145 Å². The second-order valence-electron chi connectivity index (χ2n) is 5.38. The van der Waals surface area contributed by atoms with Gasteiger partial charge in [-0.3, -0.25) is 9.59 Å². The van der Waals surface area contributed by atoms with Crippen LogP contribution in [0.3, 0.4) is 0 Å². The van der Waals surface area contributed by atoms with Gasteiger partial charge in [-0.2, -0.15) is 13.2 Å². The van der Waals surface area contributed by atoms with E-state index in [2.05, 4.69) is 10.6 Å². The van der Waals surface area contributed by atoms with E-state index in [0.29, 0.717) is 0 Å². The molecule has 0 heterocycles. The Morgan fingerprint density at radius 2 is 1.72 bits per heavy atom. The summed E-state index contributed by atoms with van der Waals surface area (Å²) in [4.78, 5) is 24.1. The molecule has 1 atom stereocenters. The maximum Gasteiger partial charge on any atom is 0.441 e. The first-order valence-electron chi connectivity index (χ1n) is 7.26. The van der Waals surface area contributed by atoms with Gasteiger partial charge < -0.3 is 10.6 Å². The average Bonchev–Trinajstić information content (AvgIpc) is 2.47. The summed E-state index contributed by atoms with van der Waals surface area (Å²) in [6, 6.07) is 1.74. The normalized spacial score (nSPS) is 12.8. The summed E-state index contributed by atoms with van der Waals surface area (Å²) >= 11 is -0.291. The molecule has 25 heavy (non-hydrogen) atoms. The molecule has 0 fully saturated rings. The second kappa shape index (κ2) is 9.02. The van der Waals surface area contributed by atoms with Crippen LogP contribution in [0.25, 0.3) is 0 Å². The molecule has 0 radical (unpaired) electrons. The first-order chi connectivity index (χ1) is 11.5. The molecule has 0 aromatic heterocycles. The topological polar surface area (TPSA) is 58.2 Å². The molecule has 1 rings (SSSR count). The van der Waals surface area contributed by atoms with Gasteiger partial charge in [0.25, 0.3) is 5.91 Å². The van der Waals surface area contributed by atoms with Crippen molar-refractivity contribution in [1.29, 1.82) is 0 Å². The van der Waals surface area contributed by atoms with E-state index in [0.717, 1.165) is 18.2 Å². The number of alkyl halides is 3. The Kier molecular flexibility index (Phi) is 7.65. The molecule has 140 valence electrons. The maximum absolute atomic E-state index is 13.6. The van der Waals surface area contributed by atoms with Crippen LogP contribution in [0.5, 0.6) is 0 Å². The number of rotatable bonds is 7. The van der Waals surface area contributed by atoms with E-state index in [1.54, 1.807) is 13.8 Å². The number of hydrogen-bond donors (Lipinski definition) is 2. The van der Waals surface area contributed by atoms with E-state index in [-0.39, 0.29) is 18.3 Å². The number of hydrogen-bond acceptors (Lipinski definition) is 3. The zero-order chi connectivity index (χ0) is 19.2. The highest BCUT2D eigenvalue weighted by Crippen LogP contribution is 2.29. The van der Waals surface area contributed by atoms with Gasteiger partial charge >= 0.3 is 5.51 Å². The molecule has 10 heteroatoms. The third kappa shape index (κ3) is 6.89. The standard InChI is InChI=1S/C15H17F5N2O2S/c1-8(2)12(14(24)21-6-7-25-15(18,19)20)22-13(23)11-9(16)4-3-5-10(11)17/h3-5,8,12H,6-7H2,1-2H3,(H,21,24)(H,22,23). The third-order valence-corrected chi connectivity index (χ3v) is 3.83. The van der Waals surface area contributed by atoms with Gasteiger partial charge in [0, 0.05) is 12.3 Å². The number of benzene rings is 1. The molecule has 2 N–H and O–H groups in total. The monoisotopic (exact) mass is 384 g/mol. The molecule has 0 saturated heterocycles. The summed E-state index contributed by atoms with van der Waals surface area (Å²) in [5.74, 6) is -4.86. The van der Waals surface area contributed by atoms with Crippen LogP contribution in [0.1, 0.15) is 24.2 Å². The molecular formula is C15H17F5N2O2S. The van der Waals surface area contributed by atoms with E-state index >= 15 is 0 Å². The van der Waals surface area contributed by atoms with Gasteiger partial charge in [0.05, 0.1) is 0 Å². The lowest BCUT2D eigenvalue weighted by molar-refractivity contribution is -0.123. The van der Waals surface area contributed by atoms with Gasteiger partial charge in [0.15, 0.2) is 0 Å². The van der Waals surface area contributed by atoms with Crippen LogP contribution >= 0.6 is 11.8 Å². The molecule has 0 aliphatic carbocycles. The van der Waals surface area contributed by atoms with Crippen LogP contribution in [0.4, 0.5) is 22.0 Å². The van der Waals surface area contributed by atoms with Crippen LogP contribution < -0.4 is 10.6 Å². The lowest BCUT2D eigenvalue weighted by atomic mass is 10.0. The number of nitrogens with one attached hydrogen (secondary N) is 2. The number of halogens is 5. The SMILES string of the molecule is CC(C)C(NC(=O)c1c(F)cccc1F)C(=O)NCCSC(F)(F)F. The summed E-state index contributed by atoms with van der Waals surface area (Å²) in [7, 11) is 0. The Hall–Kier alpha value is -1.84. The summed E-state index contributed by atoms with van der Waals surface area (Å²) in [5.41, 5.74) is -5.23. The van der Waals surface area contributed by atoms with Crippen LogP contribution in [0.15, 0.2) is 18.2 Å². The van der Waals surface area contributed by atoms with E-state index in [4.69, 9.17) is 0 Å². The van der Waals surface area contributed by atoms with Crippen molar-refractivity contribution in [3.05, 3.63) is 35.4 Å². The van der Waals surface area contributed by atoms with Crippen molar-refractivity contribution in [3.63, 3.8) is 0 Å². The molecule has 4 nitrogen and oxygen atoms in total. The molecule has 0 aliphatic rings. The minimum Gasteiger partial charge on any atom is -0.353 e. The molecule has 1 aromatic carbocycles. The van der Waals surface area contributed by atoms with Gasteiger partial charge in [0.2, 0.25) is 5.91 Å². The molecule has 0 bridgehead atoms. The highest BCUT2D eigenvalue weighted by atomic mass is 32.2. The van der Waals surface area contributed by atoms with E-state index in [1.165, 1.54) is 0 Å². The van der Waals surface area contributed by atoms with Crippen molar-refractivity contribution in [2.24, 2.45) is 5.92 Å². The predicted octanol–water partition coefficient (Wildman–Crippen LogP) is 3.09. The summed E-state index contributed by atoms with van der Waals surface area (Å²) in [5, 5.41) is 4.47. The highest BCUT2D eigenvalue weighted by molar-refractivity contribution is 8.00. The molecule has 0 spiro atoms. The van der Waals surface area contributed by atoms with E-state index in [9.17, 15) is 31.5 Å². The molecule has 2 amide bonds. The lowest BCUT2D eigenvalue weighted by Crippen LogP contribution is -2.50. The van der Waals surface area contributed by atoms with Crippen molar-refractivity contribution in [3.8, 4) is 0 Å². The van der Waals surface area contributed by atoms with Crippen LogP contribution in [-0.4, -0.2) is 35.7 Å². The molecule has 0 aliphatic heterocycles. The fourth-order valence-electron chi connectivity index (χ4n) is 1.91. The molecule has 1 aromatic rings. The zero-order valence-corrected chi connectivity index (χ0v) is 14.2. The Bertz CT molecular complexity index is 602. The van der Waals surface area contributed by atoms with Crippen LogP contribution in [0.2, 0.25) is 0 Å². The van der Waals surface area contributed by atoms with Crippen LogP contribution in [-0.2, 0) is 4.79 Å². The predicted molar refractivity (Wildman–Crippen MR) is 84.0 cm³/mol. The van der Waals surface area contributed by atoms with Crippen LogP contribution in [0, 0.1) is 17.6 Å². The Morgan fingerprint density at radius 3 is 2.20 bits per heavy atom. The Balaban J connectivity index is 2.70. The minimum absolute atomic E-state index is 0.268. The summed E-state index contributed by atoms with van der Waals surface area (Å²) < 4.78 is 63.3. The van der Waals surface area contributed by atoms with Crippen molar-refractivity contribution < 1.29 is 31.5 Å². The largest absolute Gasteiger partial charge is 0.441 e. The average molecular weight is 384 g/mol.